The first-order valence-electron chi connectivity index (χ1n) is 11.6. The molecule has 1 aromatic rings. The number of carbonyl (C=O) groups excluding carboxylic acids is 3. The summed E-state index contributed by atoms with van der Waals surface area (Å²) in [6.45, 7) is 0.653. The predicted octanol–water partition coefficient (Wildman–Crippen LogP) is 1.84. The van der Waals surface area contributed by atoms with Gasteiger partial charge in [0.15, 0.2) is 0 Å². The van der Waals surface area contributed by atoms with E-state index in [1.54, 1.807) is 7.11 Å². The molecule has 8 nitrogen and oxygen atoms in total. The Hall–Kier alpha value is -3.34. The summed E-state index contributed by atoms with van der Waals surface area (Å²) in [4.78, 5) is 38.1. The van der Waals surface area contributed by atoms with Crippen molar-refractivity contribution in [3.8, 4) is 11.8 Å². The Morgan fingerprint density at radius 2 is 2.06 bits per heavy atom. The molecule has 3 amide bonds. The molecule has 3 aliphatic rings. The monoisotopic (exact) mass is 450 g/mol. The third-order valence-electron chi connectivity index (χ3n) is 6.65. The number of fused-ring (bicyclic) bond motifs is 1. The molecule has 0 radical (unpaired) electrons. The maximum Gasteiger partial charge on any atom is 0.248 e. The number of methoxy groups -OCH3 is 1. The number of nitrogens with zero attached hydrogens (tertiary/aromatic N) is 1. The van der Waals surface area contributed by atoms with Crippen LogP contribution in [0.2, 0.25) is 0 Å². The second-order valence-electron chi connectivity index (χ2n) is 9.14. The van der Waals surface area contributed by atoms with Gasteiger partial charge in [0.1, 0.15) is 17.8 Å². The van der Waals surface area contributed by atoms with Gasteiger partial charge in [0.25, 0.3) is 0 Å². The third-order valence-corrected chi connectivity index (χ3v) is 6.65. The lowest BCUT2D eigenvalue weighted by Gasteiger charge is -2.25. The maximum atomic E-state index is 13.1. The molecule has 4 rings (SSSR count). The van der Waals surface area contributed by atoms with Gasteiger partial charge in [-0.2, -0.15) is 5.26 Å². The van der Waals surface area contributed by atoms with Gasteiger partial charge in [0, 0.05) is 30.0 Å². The van der Waals surface area contributed by atoms with Crippen LogP contribution in [-0.4, -0.2) is 43.5 Å². The Labute approximate surface area is 193 Å². The van der Waals surface area contributed by atoms with E-state index in [1.807, 2.05) is 24.3 Å². The Kier molecular flexibility index (Phi) is 6.97. The fourth-order valence-electron chi connectivity index (χ4n) is 4.59. The van der Waals surface area contributed by atoms with Gasteiger partial charge in [-0.15, -0.1) is 0 Å². The average molecular weight is 451 g/mol. The Morgan fingerprint density at radius 3 is 2.76 bits per heavy atom. The van der Waals surface area contributed by atoms with E-state index in [9.17, 15) is 19.6 Å². The molecular formula is C25H30N4O4. The number of benzene rings is 1. The predicted molar refractivity (Wildman–Crippen MR) is 122 cm³/mol. The van der Waals surface area contributed by atoms with Gasteiger partial charge < -0.3 is 20.7 Å². The van der Waals surface area contributed by atoms with Crippen LogP contribution < -0.4 is 20.7 Å². The Bertz CT molecular complexity index is 1010. The molecule has 2 fully saturated rings. The van der Waals surface area contributed by atoms with E-state index >= 15 is 0 Å². The van der Waals surface area contributed by atoms with Crippen LogP contribution in [0.1, 0.15) is 49.7 Å². The van der Waals surface area contributed by atoms with E-state index in [-0.39, 0.29) is 30.1 Å². The smallest absolute Gasteiger partial charge is 0.248 e. The molecule has 0 spiro atoms. The number of hydrogen-bond donors (Lipinski definition) is 3. The van der Waals surface area contributed by atoms with E-state index in [0.717, 1.165) is 30.4 Å². The number of amides is 3. The quantitative estimate of drug-likeness (QED) is 0.530. The Balaban J connectivity index is 1.40. The molecule has 3 atom stereocenters. The minimum Gasteiger partial charge on any atom is -0.496 e. The highest BCUT2D eigenvalue weighted by Crippen LogP contribution is 2.35. The average Bonchev–Trinajstić information content (AvgIpc) is 3.53. The number of ether oxygens (including phenoxy) is 1. The van der Waals surface area contributed by atoms with Crippen molar-refractivity contribution in [2.24, 2.45) is 11.8 Å². The fourth-order valence-corrected chi connectivity index (χ4v) is 4.59. The zero-order chi connectivity index (χ0) is 23.4. The molecule has 1 saturated carbocycles. The minimum atomic E-state index is -0.774. The van der Waals surface area contributed by atoms with Gasteiger partial charge in [0.2, 0.25) is 17.7 Å². The Morgan fingerprint density at radius 1 is 1.24 bits per heavy atom. The van der Waals surface area contributed by atoms with Gasteiger partial charge in [-0.3, -0.25) is 14.4 Å². The van der Waals surface area contributed by atoms with Crippen molar-refractivity contribution in [1.82, 2.24) is 16.0 Å². The highest BCUT2D eigenvalue weighted by atomic mass is 16.5. The van der Waals surface area contributed by atoms with Gasteiger partial charge in [-0.25, -0.2) is 0 Å². The number of piperidine rings is 1. The van der Waals surface area contributed by atoms with Gasteiger partial charge in [-0.1, -0.05) is 25.0 Å². The summed E-state index contributed by atoms with van der Waals surface area (Å²) in [6.07, 6.45) is 6.76. The minimum absolute atomic E-state index is 0.0678. The summed E-state index contributed by atoms with van der Waals surface area (Å²) >= 11 is 0. The molecule has 1 heterocycles. The normalized spacial score (nSPS) is 21.0. The molecule has 0 aromatic heterocycles. The van der Waals surface area contributed by atoms with Gasteiger partial charge in [0.05, 0.1) is 13.2 Å². The van der Waals surface area contributed by atoms with Crippen molar-refractivity contribution in [3.63, 3.8) is 0 Å². The van der Waals surface area contributed by atoms with Crippen LogP contribution in [-0.2, 0) is 20.8 Å². The van der Waals surface area contributed by atoms with E-state index in [4.69, 9.17) is 4.74 Å². The van der Waals surface area contributed by atoms with Crippen LogP contribution in [0.3, 0.4) is 0 Å². The van der Waals surface area contributed by atoms with Crippen LogP contribution in [0.4, 0.5) is 0 Å². The molecule has 1 aromatic carbocycles. The van der Waals surface area contributed by atoms with Crippen LogP contribution in [0, 0.1) is 23.2 Å². The second-order valence-corrected chi connectivity index (χ2v) is 9.14. The van der Waals surface area contributed by atoms with E-state index in [1.165, 1.54) is 0 Å². The number of carbonyl (C=O) groups is 3. The van der Waals surface area contributed by atoms with Crippen molar-refractivity contribution in [2.75, 3.05) is 13.7 Å². The lowest BCUT2D eigenvalue weighted by atomic mass is 9.92. The van der Waals surface area contributed by atoms with Crippen molar-refractivity contribution < 1.29 is 19.1 Å². The largest absolute Gasteiger partial charge is 0.496 e. The maximum absolute atomic E-state index is 13.1. The summed E-state index contributed by atoms with van der Waals surface area (Å²) < 4.78 is 5.39. The van der Waals surface area contributed by atoms with Gasteiger partial charge in [-0.05, 0) is 49.3 Å². The first-order chi connectivity index (χ1) is 16.0. The second kappa shape index (κ2) is 10.1. The molecule has 0 unspecified atom stereocenters. The lowest BCUT2D eigenvalue weighted by Crippen LogP contribution is -2.51. The van der Waals surface area contributed by atoms with Crippen LogP contribution in [0.15, 0.2) is 23.8 Å². The summed E-state index contributed by atoms with van der Waals surface area (Å²) in [5, 5.41) is 18.0. The number of nitrogens with one attached hydrogen (secondary N) is 3. The summed E-state index contributed by atoms with van der Waals surface area (Å²) in [5.74, 6) is 0.117. The van der Waals surface area contributed by atoms with E-state index < -0.39 is 12.1 Å². The number of rotatable bonds is 9. The molecule has 3 N–H and O–H groups in total. The van der Waals surface area contributed by atoms with Crippen LogP contribution >= 0.6 is 0 Å². The summed E-state index contributed by atoms with van der Waals surface area (Å²) in [6, 6.07) is 6.33. The summed E-state index contributed by atoms with van der Waals surface area (Å²) in [5.41, 5.74) is 2.49. The third kappa shape index (κ3) is 5.54. The topological polar surface area (TPSA) is 120 Å². The molecule has 33 heavy (non-hydrogen) atoms. The SMILES string of the molecule is COc1cccc2c1C=C(C(=O)N[C@H](CC1CC1)C(=O)N[C@H](C#N)C[C@@H]1CCCNC1=O)C2. The van der Waals surface area contributed by atoms with Gasteiger partial charge >= 0.3 is 0 Å². The molecule has 8 heteroatoms. The highest BCUT2D eigenvalue weighted by Gasteiger charge is 2.33. The molecule has 1 aliphatic heterocycles. The zero-order valence-corrected chi connectivity index (χ0v) is 18.9. The van der Waals surface area contributed by atoms with Crippen molar-refractivity contribution in [1.29, 1.82) is 5.26 Å². The van der Waals surface area contributed by atoms with Crippen LogP contribution in [0.5, 0.6) is 5.75 Å². The highest BCUT2D eigenvalue weighted by molar-refractivity contribution is 6.02. The lowest BCUT2D eigenvalue weighted by molar-refractivity contribution is -0.129. The molecule has 1 saturated heterocycles. The van der Waals surface area contributed by atoms with Crippen molar-refractivity contribution in [3.05, 3.63) is 34.9 Å². The first-order valence-corrected chi connectivity index (χ1v) is 11.6. The number of hydrogen-bond acceptors (Lipinski definition) is 5. The number of nitriles is 1. The first kappa shape index (κ1) is 22.8. The standard InChI is InChI=1S/C25H30N4O4/c1-33-22-6-2-4-16-11-18(13-20(16)22)24(31)29-21(10-15-7-8-15)25(32)28-19(14-26)12-17-5-3-9-27-23(17)30/h2,4,6,13,15,17,19,21H,3,5,7-12H2,1H3,(H,27,30)(H,28,32)(H,29,31)/t17-,19-,21+/m0/s1. The molecule has 2 aliphatic carbocycles. The van der Waals surface area contributed by atoms with Crippen LogP contribution in [0.25, 0.3) is 6.08 Å². The molecular weight excluding hydrogens is 420 g/mol. The molecule has 174 valence electrons. The van der Waals surface area contributed by atoms with E-state index in [0.29, 0.717) is 43.0 Å². The van der Waals surface area contributed by atoms with Crippen molar-refractivity contribution >= 4 is 23.8 Å². The molecule has 0 bridgehead atoms. The van der Waals surface area contributed by atoms with E-state index in [2.05, 4.69) is 22.0 Å². The zero-order valence-electron chi connectivity index (χ0n) is 18.9. The van der Waals surface area contributed by atoms with Crippen molar-refractivity contribution in [2.45, 2.75) is 57.0 Å². The fraction of sp³-hybridized carbons (Fsp3) is 0.520. The summed E-state index contributed by atoms with van der Waals surface area (Å²) in [7, 11) is 1.60.